The van der Waals surface area contributed by atoms with Gasteiger partial charge in [-0.25, -0.2) is 8.78 Å². The Labute approximate surface area is 144 Å². The van der Waals surface area contributed by atoms with Crippen LogP contribution in [0.4, 0.5) is 8.78 Å². The predicted molar refractivity (Wildman–Crippen MR) is 92.3 cm³/mol. The van der Waals surface area contributed by atoms with Crippen molar-refractivity contribution in [1.29, 1.82) is 0 Å². The van der Waals surface area contributed by atoms with Crippen LogP contribution in [0.2, 0.25) is 0 Å². The zero-order valence-corrected chi connectivity index (χ0v) is 13.6. The van der Waals surface area contributed by atoms with Gasteiger partial charge in [0.05, 0.1) is 5.41 Å². The van der Waals surface area contributed by atoms with Gasteiger partial charge in [-0.15, -0.1) is 0 Å². The average molecular weight is 340 g/mol. The van der Waals surface area contributed by atoms with Crippen molar-refractivity contribution in [2.75, 3.05) is 6.54 Å². The highest BCUT2D eigenvalue weighted by Gasteiger charge is 2.52. The van der Waals surface area contributed by atoms with E-state index in [0.717, 1.165) is 29.3 Å². The summed E-state index contributed by atoms with van der Waals surface area (Å²) in [6.07, 6.45) is 3.72. The van der Waals surface area contributed by atoms with E-state index in [2.05, 4.69) is 10.3 Å². The fourth-order valence-electron chi connectivity index (χ4n) is 3.41. The van der Waals surface area contributed by atoms with E-state index in [0.29, 0.717) is 18.5 Å². The zero-order valence-electron chi connectivity index (χ0n) is 13.6. The van der Waals surface area contributed by atoms with Crippen LogP contribution in [0.5, 0.6) is 0 Å². The van der Waals surface area contributed by atoms with Gasteiger partial charge in [0, 0.05) is 23.6 Å². The second-order valence-electron chi connectivity index (χ2n) is 6.57. The van der Waals surface area contributed by atoms with Gasteiger partial charge in [0.2, 0.25) is 5.91 Å². The van der Waals surface area contributed by atoms with Crippen LogP contribution in [0.3, 0.4) is 0 Å². The van der Waals surface area contributed by atoms with E-state index >= 15 is 0 Å². The van der Waals surface area contributed by atoms with Gasteiger partial charge in [-0.05, 0) is 54.7 Å². The number of aromatic amines is 1. The maximum atomic E-state index is 13.6. The predicted octanol–water partition coefficient (Wildman–Crippen LogP) is 3.84. The number of fused-ring (bicyclic) bond motifs is 1. The van der Waals surface area contributed by atoms with E-state index in [1.165, 1.54) is 18.2 Å². The maximum Gasteiger partial charge on any atom is 0.230 e. The minimum Gasteiger partial charge on any atom is -0.361 e. The van der Waals surface area contributed by atoms with Gasteiger partial charge < -0.3 is 10.3 Å². The Kier molecular flexibility index (Phi) is 3.79. The van der Waals surface area contributed by atoms with E-state index in [1.54, 1.807) is 30.5 Å². The van der Waals surface area contributed by atoms with Crippen molar-refractivity contribution in [2.45, 2.75) is 24.7 Å². The molecule has 3 nitrogen and oxygen atoms in total. The Bertz CT molecular complexity index is 944. The van der Waals surface area contributed by atoms with E-state index in [9.17, 15) is 13.6 Å². The Morgan fingerprint density at radius 2 is 1.96 bits per heavy atom. The van der Waals surface area contributed by atoms with Gasteiger partial charge in [-0.1, -0.05) is 18.2 Å². The summed E-state index contributed by atoms with van der Waals surface area (Å²) in [6.45, 7) is 0.373. The number of rotatable bonds is 5. The molecule has 2 N–H and O–H groups in total. The lowest BCUT2D eigenvalue weighted by Gasteiger charge is -2.15. The topological polar surface area (TPSA) is 44.9 Å². The summed E-state index contributed by atoms with van der Waals surface area (Å²) in [4.78, 5) is 15.8. The largest absolute Gasteiger partial charge is 0.361 e. The number of H-pyrrole nitrogens is 1. The van der Waals surface area contributed by atoms with Crippen LogP contribution >= 0.6 is 0 Å². The molecule has 0 radical (unpaired) electrons. The third-order valence-corrected chi connectivity index (χ3v) is 4.98. The Balaban J connectivity index is 1.49. The normalized spacial score (nSPS) is 15.3. The van der Waals surface area contributed by atoms with Crippen LogP contribution < -0.4 is 5.32 Å². The Morgan fingerprint density at radius 3 is 2.72 bits per heavy atom. The molecule has 0 spiro atoms. The first-order valence-corrected chi connectivity index (χ1v) is 8.39. The highest BCUT2D eigenvalue weighted by Crippen LogP contribution is 2.50. The molecule has 4 rings (SSSR count). The fourth-order valence-corrected chi connectivity index (χ4v) is 3.41. The third-order valence-electron chi connectivity index (χ3n) is 4.98. The van der Waals surface area contributed by atoms with E-state index in [-0.39, 0.29) is 17.5 Å². The first-order valence-electron chi connectivity index (χ1n) is 8.39. The van der Waals surface area contributed by atoms with E-state index in [1.807, 2.05) is 0 Å². The molecular formula is C20H18F2N2O. The number of halogens is 2. The molecule has 1 aliphatic carbocycles. The van der Waals surface area contributed by atoms with Crippen molar-refractivity contribution in [3.8, 4) is 0 Å². The minimum atomic E-state index is -0.596. The Hall–Kier alpha value is -2.69. The molecule has 1 fully saturated rings. The molecule has 0 atom stereocenters. The van der Waals surface area contributed by atoms with E-state index < -0.39 is 5.41 Å². The molecule has 1 aliphatic rings. The van der Waals surface area contributed by atoms with Gasteiger partial charge in [0.25, 0.3) is 0 Å². The van der Waals surface area contributed by atoms with Gasteiger partial charge in [0.15, 0.2) is 0 Å². The number of aromatic nitrogens is 1. The summed E-state index contributed by atoms with van der Waals surface area (Å²) in [5.74, 6) is -0.650. The zero-order chi connectivity index (χ0) is 17.4. The molecule has 128 valence electrons. The molecule has 2 aromatic carbocycles. The minimum absolute atomic E-state index is 0.0750. The number of carbonyl (C=O) groups is 1. The smallest absolute Gasteiger partial charge is 0.230 e. The first-order chi connectivity index (χ1) is 12.1. The molecule has 1 saturated carbocycles. The summed E-state index contributed by atoms with van der Waals surface area (Å²) < 4.78 is 27.2. The quantitative estimate of drug-likeness (QED) is 0.728. The molecule has 1 aromatic heterocycles. The third kappa shape index (κ3) is 2.80. The summed E-state index contributed by atoms with van der Waals surface area (Å²) in [6, 6.07) is 11.1. The number of hydrogen-bond acceptors (Lipinski definition) is 1. The lowest BCUT2D eigenvalue weighted by molar-refractivity contribution is -0.123. The fraction of sp³-hybridized carbons (Fsp3) is 0.250. The van der Waals surface area contributed by atoms with Crippen molar-refractivity contribution < 1.29 is 13.6 Å². The van der Waals surface area contributed by atoms with Crippen LogP contribution in [-0.2, 0) is 16.6 Å². The molecule has 5 heteroatoms. The summed E-state index contributed by atoms with van der Waals surface area (Å²) in [7, 11) is 0. The van der Waals surface area contributed by atoms with Crippen molar-refractivity contribution in [3.63, 3.8) is 0 Å². The van der Waals surface area contributed by atoms with Gasteiger partial charge in [-0.2, -0.15) is 0 Å². The molecule has 1 heterocycles. The van der Waals surface area contributed by atoms with Gasteiger partial charge in [-0.3, -0.25) is 4.79 Å². The van der Waals surface area contributed by atoms with Crippen molar-refractivity contribution in [2.24, 2.45) is 0 Å². The molecular weight excluding hydrogens is 322 g/mol. The first kappa shape index (κ1) is 15.8. The van der Waals surface area contributed by atoms with Crippen molar-refractivity contribution in [3.05, 3.63) is 71.4 Å². The number of benzene rings is 2. The number of nitrogens with one attached hydrogen (secondary N) is 2. The highest BCUT2D eigenvalue weighted by molar-refractivity contribution is 5.97. The average Bonchev–Trinajstić information content (AvgIpc) is 3.31. The van der Waals surface area contributed by atoms with Crippen LogP contribution in [0.15, 0.2) is 48.7 Å². The standard InChI is InChI=1S/C20H18F2N2O/c21-14-5-6-18-15(11-14)16(12-24-18)20(8-9-20)19(25)23-10-7-13-3-1-2-4-17(13)22/h1-6,11-12,24H,7-10H2,(H,23,25). The van der Waals surface area contributed by atoms with Crippen LogP contribution in [0.1, 0.15) is 24.0 Å². The molecule has 0 bridgehead atoms. The summed E-state index contributed by atoms with van der Waals surface area (Å²) in [5, 5.41) is 3.67. The van der Waals surface area contributed by atoms with Crippen molar-refractivity contribution >= 4 is 16.8 Å². The lowest BCUT2D eigenvalue weighted by atomic mass is 9.94. The lowest BCUT2D eigenvalue weighted by Crippen LogP contribution is -2.35. The molecule has 3 aromatic rings. The number of amides is 1. The molecule has 0 unspecified atom stereocenters. The molecule has 25 heavy (non-hydrogen) atoms. The number of carbonyl (C=O) groups excluding carboxylic acids is 1. The van der Waals surface area contributed by atoms with Crippen LogP contribution in [0, 0.1) is 11.6 Å². The maximum absolute atomic E-state index is 13.6. The SMILES string of the molecule is O=C(NCCc1ccccc1F)C1(c2c[nH]c3ccc(F)cc23)CC1. The van der Waals surface area contributed by atoms with Crippen molar-refractivity contribution in [1.82, 2.24) is 10.3 Å². The monoisotopic (exact) mass is 340 g/mol. The van der Waals surface area contributed by atoms with Crippen LogP contribution in [-0.4, -0.2) is 17.4 Å². The summed E-state index contributed by atoms with van der Waals surface area (Å²) in [5.41, 5.74) is 1.65. The molecule has 0 aliphatic heterocycles. The van der Waals surface area contributed by atoms with Gasteiger partial charge in [0.1, 0.15) is 11.6 Å². The molecule has 0 saturated heterocycles. The second-order valence-corrected chi connectivity index (χ2v) is 6.57. The second kappa shape index (κ2) is 5.99. The Morgan fingerprint density at radius 1 is 1.16 bits per heavy atom. The number of hydrogen-bond donors (Lipinski definition) is 2. The van der Waals surface area contributed by atoms with Crippen LogP contribution in [0.25, 0.3) is 10.9 Å². The molecule has 1 amide bonds. The summed E-state index contributed by atoms with van der Waals surface area (Å²) >= 11 is 0. The van der Waals surface area contributed by atoms with E-state index in [4.69, 9.17) is 0 Å². The van der Waals surface area contributed by atoms with Gasteiger partial charge >= 0.3 is 0 Å². The highest BCUT2D eigenvalue weighted by atomic mass is 19.1.